The maximum absolute atomic E-state index is 11.7. The predicted octanol–water partition coefficient (Wildman–Crippen LogP) is 0.624. The van der Waals surface area contributed by atoms with Gasteiger partial charge in [0.15, 0.2) is 9.84 Å². The van der Waals surface area contributed by atoms with E-state index in [0.717, 1.165) is 25.4 Å². The maximum Gasteiger partial charge on any atom is 0.152 e. The van der Waals surface area contributed by atoms with Crippen LogP contribution in [0.4, 0.5) is 0 Å². The summed E-state index contributed by atoms with van der Waals surface area (Å²) in [6.07, 6.45) is 4.31. The first kappa shape index (κ1) is 13.3. The highest BCUT2D eigenvalue weighted by atomic mass is 32.2. The molecule has 0 spiro atoms. The molecule has 0 aromatic rings. The van der Waals surface area contributed by atoms with Gasteiger partial charge in [-0.15, -0.1) is 0 Å². The van der Waals surface area contributed by atoms with E-state index in [1.54, 1.807) is 0 Å². The molecule has 4 nitrogen and oxygen atoms in total. The van der Waals surface area contributed by atoms with Gasteiger partial charge in [0.1, 0.15) is 0 Å². The van der Waals surface area contributed by atoms with E-state index in [-0.39, 0.29) is 11.3 Å². The molecule has 0 bridgehead atoms. The molecule has 2 N–H and O–H groups in total. The topological polar surface area (TPSA) is 63.4 Å². The zero-order valence-electron chi connectivity index (χ0n) is 10.7. The molecule has 2 aliphatic heterocycles. The van der Waals surface area contributed by atoms with E-state index in [9.17, 15) is 8.42 Å². The monoisotopic (exact) mass is 260 g/mol. The van der Waals surface area contributed by atoms with Gasteiger partial charge in [-0.05, 0) is 44.7 Å². The zero-order chi connectivity index (χ0) is 12.5. The van der Waals surface area contributed by atoms with Crippen LogP contribution >= 0.6 is 0 Å². The fourth-order valence-corrected chi connectivity index (χ4v) is 5.27. The van der Waals surface area contributed by atoms with Crippen molar-refractivity contribution in [3.05, 3.63) is 0 Å². The van der Waals surface area contributed by atoms with Crippen molar-refractivity contribution in [2.24, 2.45) is 11.7 Å². The largest absolute Gasteiger partial charge is 0.329 e. The summed E-state index contributed by atoms with van der Waals surface area (Å²) in [5.74, 6) is 1.34. The van der Waals surface area contributed by atoms with Crippen molar-refractivity contribution in [1.29, 1.82) is 0 Å². The first-order valence-electron chi connectivity index (χ1n) is 6.63. The van der Waals surface area contributed by atoms with Crippen LogP contribution < -0.4 is 5.73 Å². The smallest absolute Gasteiger partial charge is 0.152 e. The summed E-state index contributed by atoms with van der Waals surface area (Å²) in [5, 5.41) is 0. The molecule has 0 amide bonds. The minimum Gasteiger partial charge on any atom is -0.329 e. The van der Waals surface area contributed by atoms with Gasteiger partial charge in [-0.3, -0.25) is 4.90 Å². The lowest BCUT2D eigenvalue weighted by Crippen LogP contribution is -2.55. The van der Waals surface area contributed by atoms with Crippen LogP contribution in [0.5, 0.6) is 0 Å². The predicted molar refractivity (Wildman–Crippen MR) is 69.6 cm³/mol. The fraction of sp³-hybridized carbons (Fsp3) is 1.00. The van der Waals surface area contributed by atoms with Crippen molar-refractivity contribution in [3.8, 4) is 0 Å². The minimum atomic E-state index is -2.86. The van der Waals surface area contributed by atoms with Crippen molar-refractivity contribution in [2.75, 3.05) is 31.1 Å². The van der Waals surface area contributed by atoms with Gasteiger partial charge in [-0.1, -0.05) is 6.92 Å². The summed E-state index contributed by atoms with van der Waals surface area (Å²) in [7, 11) is -2.86. The Morgan fingerprint density at radius 1 is 1.35 bits per heavy atom. The Labute approximate surface area is 104 Å². The normalized spacial score (nSPS) is 39.1. The van der Waals surface area contributed by atoms with Crippen LogP contribution in [0.2, 0.25) is 0 Å². The standard InChI is InChI=1S/C12H24N2O2S/c1-11-3-2-6-14(7-4-11)12(9-13)5-8-17(15,16)10-12/h11H,2-10,13H2,1H3. The summed E-state index contributed by atoms with van der Waals surface area (Å²) in [4.78, 5) is 2.36. The molecule has 0 saturated carbocycles. The second-order valence-electron chi connectivity index (χ2n) is 5.79. The molecule has 2 atom stereocenters. The van der Waals surface area contributed by atoms with E-state index in [1.807, 2.05) is 0 Å². The maximum atomic E-state index is 11.7. The van der Waals surface area contributed by atoms with Gasteiger partial charge in [0.05, 0.1) is 11.5 Å². The van der Waals surface area contributed by atoms with Crippen molar-refractivity contribution in [2.45, 2.75) is 38.1 Å². The van der Waals surface area contributed by atoms with Gasteiger partial charge < -0.3 is 5.73 Å². The molecule has 2 fully saturated rings. The number of nitrogens with zero attached hydrogens (tertiary/aromatic N) is 1. The lowest BCUT2D eigenvalue weighted by molar-refractivity contribution is 0.120. The molecule has 0 aromatic heterocycles. The van der Waals surface area contributed by atoms with E-state index < -0.39 is 9.84 Å². The molecule has 2 saturated heterocycles. The third kappa shape index (κ3) is 2.83. The van der Waals surface area contributed by atoms with Crippen molar-refractivity contribution in [1.82, 2.24) is 4.90 Å². The van der Waals surface area contributed by atoms with Crippen LogP contribution in [0.1, 0.15) is 32.6 Å². The highest BCUT2D eigenvalue weighted by Crippen LogP contribution is 2.31. The van der Waals surface area contributed by atoms with Crippen LogP contribution in [0, 0.1) is 5.92 Å². The number of rotatable bonds is 2. The van der Waals surface area contributed by atoms with Gasteiger partial charge in [-0.2, -0.15) is 0 Å². The van der Waals surface area contributed by atoms with E-state index in [1.165, 1.54) is 19.3 Å². The summed E-state index contributed by atoms with van der Waals surface area (Å²) >= 11 is 0. The van der Waals surface area contributed by atoms with Crippen LogP contribution in [0.3, 0.4) is 0 Å². The molecule has 0 aromatic carbocycles. The average molecular weight is 260 g/mol. The van der Waals surface area contributed by atoms with Crippen molar-refractivity contribution < 1.29 is 8.42 Å². The molecule has 2 aliphatic rings. The molecule has 2 rings (SSSR count). The number of sulfone groups is 1. The SMILES string of the molecule is CC1CCCN(C2(CN)CCS(=O)(=O)C2)CC1. The number of hydrogen-bond donors (Lipinski definition) is 1. The van der Waals surface area contributed by atoms with Crippen molar-refractivity contribution >= 4 is 9.84 Å². The lowest BCUT2D eigenvalue weighted by Gasteiger charge is -2.39. The minimum absolute atomic E-state index is 0.261. The molecular weight excluding hydrogens is 236 g/mol. The van der Waals surface area contributed by atoms with Gasteiger partial charge in [-0.25, -0.2) is 8.42 Å². The second-order valence-corrected chi connectivity index (χ2v) is 7.98. The molecule has 2 heterocycles. The molecule has 2 unspecified atom stereocenters. The molecule has 0 radical (unpaired) electrons. The number of likely N-dealkylation sites (tertiary alicyclic amines) is 1. The highest BCUT2D eigenvalue weighted by Gasteiger charge is 2.45. The average Bonchev–Trinajstić information content (AvgIpc) is 2.46. The second kappa shape index (κ2) is 4.86. The van der Waals surface area contributed by atoms with E-state index in [4.69, 9.17) is 5.73 Å². The fourth-order valence-electron chi connectivity index (χ4n) is 3.18. The Bertz CT molecular complexity index is 369. The molecule has 5 heteroatoms. The highest BCUT2D eigenvalue weighted by molar-refractivity contribution is 7.91. The van der Waals surface area contributed by atoms with Crippen LogP contribution in [-0.2, 0) is 9.84 Å². The van der Waals surface area contributed by atoms with Crippen LogP contribution in [-0.4, -0.2) is 50.0 Å². The van der Waals surface area contributed by atoms with Gasteiger partial charge >= 0.3 is 0 Å². The van der Waals surface area contributed by atoms with Gasteiger partial charge in [0.25, 0.3) is 0 Å². The summed E-state index contributed by atoms with van der Waals surface area (Å²) in [6, 6.07) is 0. The first-order chi connectivity index (χ1) is 7.97. The third-order valence-corrected chi connectivity index (χ3v) is 6.24. The summed E-state index contributed by atoms with van der Waals surface area (Å²) < 4.78 is 23.4. The lowest BCUT2D eigenvalue weighted by atomic mass is 9.96. The Morgan fingerprint density at radius 2 is 2.12 bits per heavy atom. The van der Waals surface area contributed by atoms with Gasteiger partial charge in [0.2, 0.25) is 0 Å². The zero-order valence-corrected chi connectivity index (χ0v) is 11.5. The van der Waals surface area contributed by atoms with Gasteiger partial charge in [0, 0.05) is 12.1 Å². The number of hydrogen-bond acceptors (Lipinski definition) is 4. The van der Waals surface area contributed by atoms with Crippen LogP contribution in [0.15, 0.2) is 0 Å². The Morgan fingerprint density at radius 3 is 2.71 bits per heavy atom. The summed E-state index contributed by atoms with van der Waals surface area (Å²) in [6.45, 7) is 4.77. The summed E-state index contributed by atoms with van der Waals surface area (Å²) in [5.41, 5.74) is 5.64. The third-order valence-electron chi connectivity index (χ3n) is 4.43. The molecular formula is C12H24N2O2S. The molecule has 0 aliphatic carbocycles. The Kier molecular flexibility index (Phi) is 3.80. The first-order valence-corrected chi connectivity index (χ1v) is 8.45. The van der Waals surface area contributed by atoms with Crippen molar-refractivity contribution in [3.63, 3.8) is 0 Å². The quantitative estimate of drug-likeness (QED) is 0.791. The van der Waals surface area contributed by atoms with E-state index in [2.05, 4.69) is 11.8 Å². The van der Waals surface area contributed by atoms with Crippen LogP contribution in [0.25, 0.3) is 0 Å². The Balaban J connectivity index is 2.13. The molecule has 100 valence electrons. The Hall–Kier alpha value is -0.130. The van der Waals surface area contributed by atoms with E-state index in [0.29, 0.717) is 12.3 Å². The molecule has 17 heavy (non-hydrogen) atoms. The van der Waals surface area contributed by atoms with E-state index >= 15 is 0 Å². The number of nitrogens with two attached hydrogens (primary N) is 1.